The third kappa shape index (κ3) is 4.10. The molecule has 2 atom stereocenters. The molecule has 0 N–H and O–H groups in total. The third-order valence-electron chi connectivity index (χ3n) is 4.72. The van der Waals surface area contributed by atoms with Crippen LogP contribution in [0.25, 0.3) is 0 Å². The average Bonchev–Trinajstić information content (AvgIpc) is 3.16. The molecule has 1 aromatic carbocycles. The Bertz CT molecular complexity index is 753. The molecule has 0 bridgehead atoms. The zero-order valence-corrected chi connectivity index (χ0v) is 14.9. The zero-order valence-electron chi connectivity index (χ0n) is 14.9. The van der Waals surface area contributed by atoms with Crippen molar-refractivity contribution in [2.24, 2.45) is 5.92 Å². The van der Waals surface area contributed by atoms with Crippen LogP contribution in [-0.2, 0) is 11.3 Å². The number of likely N-dealkylation sites (N-methyl/N-ethyl adjacent to an activating group) is 2. The van der Waals surface area contributed by atoms with Crippen LogP contribution < -0.4 is 0 Å². The van der Waals surface area contributed by atoms with E-state index in [1.165, 1.54) is 11.3 Å². The van der Waals surface area contributed by atoms with E-state index >= 15 is 0 Å². The van der Waals surface area contributed by atoms with E-state index in [0.29, 0.717) is 23.9 Å². The molecule has 0 spiro atoms. The Kier molecular flexibility index (Phi) is 4.93. The van der Waals surface area contributed by atoms with E-state index in [2.05, 4.69) is 6.92 Å². The van der Waals surface area contributed by atoms with Gasteiger partial charge in [0.1, 0.15) is 11.5 Å². The molecular formula is C20H24N2O3. The highest BCUT2D eigenvalue weighted by Gasteiger charge is 2.36. The van der Waals surface area contributed by atoms with Gasteiger partial charge in [-0.05, 0) is 36.6 Å². The number of nitrogens with zero attached hydrogens (tertiary/aromatic N) is 2. The molecular weight excluding hydrogens is 316 g/mol. The summed E-state index contributed by atoms with van der Waals surface area (Å²) >= 11 is 0. The summed E-state index contributed by atoms with van der Waals surface area (Å²) in [5.41, 5.74) is 0.578. The van der Waals surface area contributed by atoms with Crippen molar-refractivity contribution in [3.8, 4) is 0 Å². The second-order valence-corrected chi connectivity index (χ2v) is 6.90. The summed E-state index contributed by atoms with van der Waals surface area (Å²) in [5, 5.41) is 0. The van der Waals surface area contributed by atoms with Gasteiger partial charge in [-0.3, -0.25) is 9.59 Å². The van der Waals surface area contributed by atoms with Crippen molar-refractivity contribution >= 4 is 11.8 Å². The van der Waals surface area contributed by atoms with Crippen LogP contribution in [0, 0.1) is 5.92 Å². The Morgan fingerprint density at radius 3 is 2.40 bits per heavy atom. The molecule has 0 aliphatic heterocycles. The first-order valence-electron chi connectivity index (χ1n) is 8.58. The molecule has 132 valence electrons. The van der Waals surface area contributed by atoms with Crippen molar-refractivity contribution in [2.45, 2.75) is 25.8 Å². The Labute approximate surface area is 148 Å². The van der Waals surface area contributed by atoms with E-state index in [-0.39, 0.29) is 18.4 Å². The van der Waals surface area contributed by atoms with Crippen LogP contribution in [-0.4, -0.2) is 42.3 Å². The van der Waals surface area contributed by atoms with Gasteiger partial charge in [-0.25, -0.2) is 0 Å². The van der Waals surface area contributed by atoms with Crippen molar-refractivity contribution in [1.29, 1.82) is 0 Å². The molecule has 25 heavy (non-hydrogen) atoms. The summed E-state index contributed by atoms with van der Waals surface area (Å²) in [6.07, 6.45) is 1.17. The number of furan rings is 1. The number of carbonyl (C=O) groups is 2. The van der Waals surface area contributed by atoms with Crippen LogP contribution in [0.4, 0.5) is 0 Å². The van der Waals surface area contributed by atoms with Crippen molar-refractivity contribution < 1.29 is 14.0 Å². The predicted molar refractivity (Wildman–Crippen MR) is 95.1 cm³/mol. The zero-order chi connectivity index (χ0) is 18.0. The van der Waals surface area contributed by atoms with E-state index in [1.54, 1.807) is 31.1 Å². The van der Waals surface area contributed by atoms with Gasteiger partial charge in [0.25, 0.3) is 5.91 Å². The highest BCUT2D eigenvalue weighted by Crippen LogP contribution is 2.47. The monoisotopic (exact) mass is 340 g/mol. The molecule has 1 fully saturated rings. The lowest BCUT2D eigenvalue weighted by Crippen LogP contribution is -2.39. The van der Waals surface area contributed by atoms with Gasteiger partial charge in [-0.1, -0.05) is 25.1 Å². The lowest BCUT2D eigenvalue weighted by molar-refractivity contribution is -0.131. The van der Waals surface area contributed by atoms with Crippen molar-refractivity contribution in [3.63, 3.8) is 0 Å². The summed E-state index contributed by atoms with van der Waals surface area (Å²) in [4.78, 5) is 27.7. The molecule has 0 unspecified atom stereocenters. The number of rotatable bonds is 6. The summed E-state index contributed by atoms with van der Waals surface area (Å²) in [7, 11) is 3.37. The quantitative estimate of drug-likeness (QED) is 0.812. The number of hydrogen-bond donors (Lipinski definition) is 0. The Morgan fingerprint density at radius 2 is 1.76 bits per heavy atom. The third-order valence-corrected chi connectivity index (χ3v) is 4.72. The fourth-order valence-electron chi connectivity index (χ4n) is 2.92. The van der Waals surface area contributed by atoms with Crippen molar-refractivity contribution in [3.05, 3.63) is 59.5 Å². The lowest BCUT2D eigenvalue weighted by Gasteiger charge is -2.21. The Hall–Kier alpha value is -2.56. The molecule has 1 aliphatic rings. The SMILES string of the molecule is C[C@@H]1C[C@@H]1c1ccc(CN(C)C(=O)CN(C)C(=O)c2ccccc2)o1. The van der Waals surface area contributed by atoms with Crippen LogP contribution >= 0.6 is 0 Å². The van der Waals surface area contributed by atoms with E-state index in [9.17, 15) is 9.59 Å². The molecule has 3 rings (SSSR count). The standard InChI is InChI=1S/C20H24N2O3/c1-14-11-17(14)18-10-9-16(25-18)12-21(2)19(23)13-22(3)20(24)15-7-5-4-6-8-15/h4-10,14,17H,11-13H2,1-3H3/t14-,17+/m1/s1. The number of amides is 2. The summed E-state index contributed by atoms with van der Waals surface area (Å²) in [6.45, 7) is 2.66. The fraction of sp³-hybridized carbons (Fsp3) is 0.400. The van der Waals surface area contributed by atoms with Crippen LogP contribution in [0.2, 0.25) is 0 Å². The smallest absolute Gasteiger partial charge is 0.254 e. The van der Waals surface area contributed by atoms with Gasteiger partial charge >= 0.3 is 0 Å². The minimum Gasteiger partial charge on any atom is -0.464 e. The normalized spacial score (nSPS) is 18.7. The van der Waals surface area contributed by atoms with Crippen LogP contribution in [0.5, 0.6) is 0 Å². The molecule has 2 amide bonds. The molecule has 2 aromatic rings. The van der Waals surface area contributed by atoms with Gasteiger partial charge in [-0.15, -0.1) is 0 Å². The second kappa shape index (κ2) is 7.13. The first kappa shape index (κ1) is 17.3. The van der Waals surface area contributed by atoms with Crippen molar-refractivity contribution in [1.82, 2.24) is 9.80 Å². The highest BCUT2D eigenvalue weighted by molar-refractivity contribution is 5.96. The number of hydrogen-bond acceptors (Lipinski definition) is 3. The summed E-state index contributed by atoms with van der Waals surface area (Å²) in [5.74, 6) is 2.73. The minimum atomic E-state index is -0.162. The van der Waals surface area contributed by atoms with Crippen LogP contribution in [0.15, 0.2) is 46.9 Å². The van der Waals surface area contributed by atoms with Gasteiger partial charge in [0, 0.05) is 25.6 Å². The molecule has 1 heterocycles. The molecule has 0 radical (unpaired) electrons. The Balaban J connectivity index is 1.53. The number of carbonyl (C=O) groups excluding carboxylic acids is 2. The molecule has 0 saturated heterocycles. The van der Waals surface area contributed by atoms with Gasteiger partial charge in [0.2, 0.25) is 5.91 Å². The molecule has 5 nitrogen and oxygen atoms in total. The van der Waals surface area contributed by atoms with E-state index in [0.717, 1.165) is 11.5 Å². The maximum Gasteiger partial charge on any atom is 0.254 e. The molecule has 1 saturated carbocycles. The average molecular weight is 340 g/mol. The van der Waals surface area contributed by atoms with E-state index < -0.39 is 0 Å². The molecule has 1 aliphatic carbocycles. The van der Waals surface area contributed by atoms with Gasteiger partial charge < -0.3 is 14.2 Å². The summed E-state index contributed by atoms with van der Waals surface area (Å²) < 4.78 is 5.85. The predicted octanol–water partition coefficient (Wildman–Crippen LogP) is 3.13. The second-order valence-electron chi connectivity index (χ2n) is 6.90. The van der Waals surface area contributed by atoms with Crippen LogP contribution in [0.1, 0.15) is 41.1 Å². The summed E-state index contributed by atoms with van der Waals surface area (Å²) in [6, 6.07) is 12.9. The van der Waals surface area contributed by atoms with Gasteiger partial charge in [0.15, 0.2) is 0 Å². The largest absolute Gasteiger partial charge is 0.464 e. The number of benzene rings is 1. The fourth-order valence-corrected chi connectivity index (χ4v) is 2.92. The molecule has 1 aromatic heterocycles. The van der Waals surface area contributed by atoms with Gasteiger partial charge in [0.05, 0.1) is 13.1 Å². The lowest BCUT2D eigenvalue weighted by atomic mass is 10.2. The van der Waals surface area contributed by atoms with E-state index in [4.69, 9.17) is 4.42 Å². The van der Waals surface area contributed by atoms with Crippen LogP contribution in [0.3, 0.4) is 0 Å². The van der Waals surface area contributed by atoms with Crippen molar-refractivity contribution in [2.75, 3.05) is 20.6 Å². The first-order valence-corrected chi connectivity index (χ1v) is 8.58. The van der Waals surface area contributed by atoms with E-state index in [1.807, 2.05) is 30.3 Å². The molecule has 5 heteroatoms. The highest BCUT2D eigenvalue weighted by atomic mass is 16.3. The maximum absolute atomic E-state index is 12.4. The van der Waals surface area contributed by atoms with Gasteiger partial charge in [-0.2, -0.15) is 0 Å². The minimum absolute atomic E-state index is 0.0391. The maximum atomic E-state index is 12.4. The Morgan fingerprint density at radius 1 is 1.08 bits per heavy atom. The topological polar surface area (TPSA) is 53.8 Å². The first-order chi connectivity index (χ1) is 12.0.